The second-order valence-corrected chi connectivity index (χ2v) is 10.6. The van der Waals surface area contributed by atoms with Crippen molar-refractivity contribution in [2.45, 2.75) is 104 Å². The van der Waals surface area contributed by atoms with Crippen LogP contribution in [0, 0.1) is 0 Å². The first-order valence-corrected chi connectivity index (χ1v) is 14.0. The van der Waals surface area contributed by atoms with E-state index in [9.17, 15) is 4.79 Å². The standard InChI is InChI=1S/C13H20OS.C12H19BrS.V/c1-2-3-4-5-6-7-8-13-9-12(10-14)11-15-13;1-2-3-4-5-6-7-8-12-9-11(13)10-14-12;/h9-11H,2-8H2,1H3;9-10H,2-8H2,1H3;. The summed E-state index contributed by atoms with van der Waals surface area (Å²) in [5.74, 6) is 0. The molecule has 0 aliphatic carbocycles. The van der Waals surface area contributed by atoms with E-state index in [4.69, 9.17) is 0 Å². The minimum absolute atomic E-state index is 0. The van der Waals surface area contributed by atoms with E-state index in [2.05, 4.69) is 41.2 Å². The zero-order chi connectivity index (χ0) is 21.2. The van der Waals surface area contributed by atoms with E-state index in [-0.39, 0.29) is 18.6 Å². The van der Waals surface area contributed by atoms with Gasteiger partial charge in [-0.25, -0.2) is 0 Å². The van der Waals surface area contributed by atoms with Crippen LogP contribution in [0.15, 0.2) is 27.4 Å². The molecule has 5 heteroatoms. The molecule has 0 fully saturated rings. The molecule has 2 aromatic heterocycles. The van der Waals surface area contributed by atoms with Gasteiger partial charge in [-0.05, 0) is 53.7 Å². The molecule has 0 aromatic carbocycles. The van der Waals surface area contributed by atoms with Crippen molar-refractivity contribution < 1.29 is 23.4 Å². The van der Waals surface area contributed by atoms with E-state index >= 15 is 0 Å². The third-order valence-corrected chi connectivity index (χ3v) is 7.76. The number of halogens is 1. The second-order valence-electron chi connectivity index (χ2n) is 7.73. The van der Waals surface area contributed by atoms with Crippen molar-refractivity contribution in [1.82, 2.24) is 0 Å². The summed E-state index contributed by atoms with van der Waals surface area (Å²) in [4.78, 5) is 13.3. The maximum atomic E-state index is 10.5. The van der Waals surface area contributed by atoms with Gasteiger partial charge in [0.2, 0.25) is 0 Å². The Morgan fingerprint density at radius 3 is 1.63 bits per heavy atom. The summed E-state index contributed by atoms with van der Waals surface area (Å²) >= 11 is 7.07. The van der Waals surface area contributed by atoms with E-state index in [0.29, 0.717) is 0 Å². The van der Waals surface area contributed by atoms with Gasteiger partial charge >= 0.3 is 0 Å². The van der Waals surface area contributed by atoms with Crippen molar-refractivity contribution in [3.63, 3.8) is 0 Å². The fourth-order valence-electron chi connectivity index (χ4n) is 3.23. The van der Waals surface area contributed by atoms with Crippen LogP contribution < -0.4 is 0 Å². The van der Waals surface area contributed by atoms with Gasteiger partial charge in [-0.2, -0.15) is 0 Å². The molecule has 169 valence electrons. The zero-order valence-electron chi connectivity index (χ0n) is 18.8. The molecular weight excluding hydrogens is 511 g/mol. The number of carbonyl (C=O) groups excluding carboxylic acids is 1. The van der Waals surface area contributed by atoms with Crippen molar-refractivity contribution in [3.8, 4) is 0 Å². The Labute approximate surface area is 213 Å². The molecular formula is C25H39BrOS2V. The third kappa shape index (κ3) is 15.9. The zero-order valence-corrected chi connectivity index (χ0v) is 23.5. The van der Waals surface area contributed by atoms with Crippen LogP contribution in [-0.4, -0.2) is 6.29 Å². The Bertz CT molecular complexity index is 639. The Kier molecular flexibility index (Phi) is 21.1. The molecule has 0 saturated carbocycles. The van der Waals surface area contributed by atoms with Gasteiger partial charge in [0.25, 0.3) is 0 Å². The Balaban J connectivity index is 0.000000544. The number of rotatable bonds is 15. The van der Waals surface area contributed by atoms with Gasteiger partial charge in [-0.3, -0.25) is 4.79 Å². The summed E-state index contributed by atoms with van der Waals surface area (Å²) in [6, 6.07) is 4.26. The molecule has 0 N–H and O–H groups in total. The number of unbranched alkanes of at least 4 members (excludes halogenated alkanes) is 10. The number of aldehydes is 1. The number of carbonyl (C=O) groups is 1. The van der Waals surface area contributed by atoms with Crippen LogP contribution in [0.2, 0.25) is 0 Å². The van der Waals surface area contributed by atoms with Gasteiger partial charge in [0, 0.05) is 49.1 Å². The molecule has 2 rings (SSSR count). The number of hydrogen-bond acceptors (Lipinski definition) is 3. The molecule has 0 amide bonds. The summed E-state index contributed by atoms with van der Waals surface area (Å²) < 4.78 is 1.24. The Morgan fingerprint density at radius 1 is 0.733 bits per heavy atom. The van der Waals surface area contributed by atoms with E-state index in [1.165, 1.54) is 97.7 Å². The van der Waals surface area contributed by atoms with Gasteiger partial charge in [0.15, 0.2) is 6.29 Å². The maximum Gasteiger partial charge on any atom is 0.150 e. The second kappa shape index (κ2) is 21.0. The van der Waals surface area contributed by atoms with Gasteiger partial charge in [0.1, 0.15) is 0 Å². The molecule has 0 unspecified atom stereocenters. The fraction of sp³-hybridized carbons (Fsp3) is 0.640. The van der Waals surface area contributed by atoms with Crippen LogP contribution in [0.3, 0.4) is 0 Å². The molecule has 0 spiro atoms. The first-order valence-electron chi connectivity index (χ1n) is 11.4. The topological polar surface area (TPSA) is 17.1 Å². The predicted octanol–water partition coefficient (Wildman–Crippen LogP) is 9.87. The minimum atomic E-state index is 0. The number of hydrogen-bond donors (Lipinski definition) is 0. The third-order valence-electron chi connectivity index (χ3n) is 4.99. The monoisotopic (exact) mass is 549 g/mol. The van der Waals surface area contributed by atoms with Crippen molar-refractivity contribution in [1.29, 1.82) is 0 Å². The molecule has 1 radical (unpaired) electrons. The van der Waals surface area contributed by atoms with Crippen LogP contribution in [-0.2, 0) is 31.4 Å². The smallest absolute Gasteiger partial charge is 0.150 e. The largest absolute Gasteiger partial charge is 0.298 e. The van der Waals surface area contributed by atoms with Gasteiger partial charge in [-0.15, -0.1) is 22.7 Å². The molecule has 0 atom stereocenters. The molecule has 1 nitrogen and oxygen atoms in total. The predicted molar refractivity (Wildman–Crippen MR) is 136 cm³/mol. The van der Waals surface area contributed by atoms with E-state index in [1.807, 2.05) is 22.8 Å². The van der Waals surface area contributed by atoms with Crippen LogP contribution >= 0.6 is 38.6 Å². The molecule has 0 saturated heterocycles. The quantitative estimate of drug-likeness (QED) is 0.159. The Morgan fingerprint density at radius 2 is 1.20 bits per heavy atom. The van der Waals surface area contributed by atoms with Crippen LogP contribution in [0.25, 0.3) is 0 Å². The van der Waals surface area contributed by atoms with Gasteiger partial charge < -0.3 is 0 Å². The fourth-order valence-corrected chi connectivity index (χ4v) is 5.61. The minimum Gasteiger partial charge on any atom is -0.298 e. The summed E-state index contributed by atoms with van der Waals surface area (Å²) in [5.41, 5.74) is 0.834. The molecule has 2 heterocycles. The van der Waals surface area contributed by atoms with E-state index in [0.717, 1.165) is 18.3 Å². The first kappa shape index (κ1) is 30.1. The van der Waals surface area contributed by atoms with Crippen molar-refractivity contribution in [2.75, 3.05) is 0 Å². The summed E-state index contributed by atoms with van der Waals surface area (Å²) in [6.45, 7) is 4.51. The average Bonchev–Trinajstić information content (AvgIpc) is 3.36. The van der Waals surface area contributed by atoms with Crippen molar-refractivity contribution in [3.05, 3.63) is 42.7 Å². The summed E-state index contributed by atoms with van der Waals surface area (Å²) in [5, 5.41) is 4.12. The molecule has 0 aliphatic rings. The van der Waals surface area contributed by atoms with E-state index in [1.54, 1.807) is 11.3 Å². The maximum absolute atomic E-state index is 10.5. The average molecular weight is 551 g/mol. The SMILES string of the molecule is CCCCCCCCc1cc(Br)cs1.CCCCCCCCc1cc(C=O)cs1.[V]. The summed E-state index contributed by atoms with van der Waals surface area (Å²) in [6.07, 6.45) is 19.7. The molecule has 2 aromatic rings. The van der Waals surface area contributed by atoms with Crippen LogP contribution in [0.4, 0.5) is 0 Å². The number of thiophene rings is 2. The first-order chi connectivity index (χ1) is 14.2. The van der Waals surface area contributed by atoms with Gasteiger partial charge in [0.05, 0.1) is 0 Å². The summed E-state index contributed by atoms with van der Waals surface area (Å²) in [7, 11) is 0. The Hall–Kier alpha value is 0.134. The van der Waals surface area contributed by atoms with Crippen LogP contribution in [0.1, 0.15) is 111 Å². The van der Waals surface area contributed by atoms with Crippen molar-refractivity contribution in [2.24, 2.45) is 0 Å². The molecule has 30 heavy (non-hydrogen) atoms. The number of aryl methyl sites for hydroxylation is 2. The molecule has 0 bridgehead atoms. The van der Waals surface area contributed by atoms with Gasteiger partial charge in [-0.1, -0.05) is 78.1 Å². The van der Waals surface area contributed by atoms with E-state index < -0.39 is 0 Å². The van der Waals surface area contributed by atoms with Crippen molar-refractivity contribution >= 4 is 44.9 Å². The normalized spacial score (nSPS) is 10.2. The molecule has 0 aliphatic heterocycles. The van der Waals surface area contributed by atoms with Crippen LogP contribution in [0.5, 0.6) is 0 Å².